The summed E-state index contributed by atoms with van der Waals surface area (Å²) in [4.78, 5) is 30.8. The zero-order valence-electron chi connectivity index (χ0n) is 6.72. The van der Waals surface area contributed by atoms with Crippen LogP contribution >= 0.6 is 0 Å². The molecule has 1 unspecified atom stereocenters. The number of carboxylic acids is 3. The van der Waals surface area contributed by atoms with Gasteiger partial charge in [-0.25, -0.2) is 9.59 Å². The molecule has 0 aromatic rings. The molecule has 9 heteroatoms. The van der Waals surface area contributed by atoms with Crippen LogP contribution in [0.4, 0.5) is 0 Å². The molecule has 4 N–H and O–H groups in total. The Morgan fingerprint density at radius 2 is 1.27 bits per heavy atom. The third kappa shape index (κ3) is 8.21. The van der Waals surface area contributed by atoms with E-state index in [-0.39, 0.29) is 59.1 Å². The van der Waals surface area contributed by atoms with E-state index in [4.69, 9.17) is 15.3 Å². The standard InChI is InChI=1S/C6H9NO6.2Na.2H/c1-2(4(8)9)7-3(5(10)11)6(12)13;;;;/h2-3,7H,1H3,(H,8,9)(H,10,11)(H,12,13);;;;. The van der Waals surface area contributed by atoms with Gasteiger partial charge in [-0.2, -0.15) is 0 Å². The van der Waals surface area contributed by atoms with Gasteiger partial charge in [-0.05, 0) is 6.92 Å². The molecule has 0 aromatic heterocycles. The number of carboxylic acid groups (broad SMARTS) is 3. The summed E-state index contributed by atoms with van der Waals surface area (Å²) in [5.41, 5.74) is 0. The Morgan fingerprint density at radius 1 is 0.933 bits per heavy atom. The van der Waals surface area contributed by atoms with Crippen molar-refractivity contribution in [2.75, 3.05) is 0 Å². The quantitative estimate of drug-likeness (QED) is 0.303. The topological polar surface area (TPSA) is 124 Å². The number of hydrogen-bond donors (Lipinski definition) is 4. The SMILES string of the molecule is CC(NC(C(=O)O)C(=O)O)C(=O)O.[NaH].[NaH]. The van der Waals surface area contributed by atoms with Gasteiger partial charge in [0.2, 0.25) is 6.04 Å². The maximum atomic E-state index is 10.3. The third-order valence-electron chi connectivity index (χ3n) is 1.28. The number of aliphatic carboxylic acids is 3. The minimum absolute atomic E-state index is 0. The normalized spacial score (nSPS) is 10.8. The molecule has 7 nitrogen and oxygen atoms in total. The first-order valence-corrected chi connectivity index (χ1v) is 3.30. The predicted octanol–water partition coefficient (Wildman–Crippen LogP) is -2.71. The third-order valence-corrected chi connectivity index (χ3v) is 1.28. The Kier molecular flexibility index (Phi) is 13.3. The van der Waals surface area contributed by atoms with Gasteiger partial charge in [0.1, 0.15) is 6.04 Å². The van der Waals surface area contributed by atoms with Crippen LogP contribution in [0.3, 0.4) is 0 Å². The van der Waals surface area contributed by atoms with Crippen molar-refractivity contribution in [1.82, 2.24) is 5.32 Å². The summed E-state index contributed by atoms with van der Waals surface area (Å²) in [6.45, 7) is 1.15. The molecule has 0 radical (unpaired) electrons. The maximum absolute atomic E-state index is 10.3. The zero-order valence-corrected chi connectivity index (χ0v) is 6.72. The fourth-order valence-corrected chi connectivity index (χ4v) is 0.569. The van der Waals surface area contributed by atoms with E-state index in [0.717, 1.165) is 6.92 Å². The second-order valence-corrected chi connectivity index (χ2v) is 2.34. The van der Waals surface area contributed by atoms with Crippen LogP contribution in [0, 0.1) is 0 Å². The number of hydrogen-bond acceptors (Lipinski definition) is 4. The van der Waals surface area contributed by atoms with Crippen LogP contribution in [0.5, 0.6) is 0 Å². The summed E-state index contributed by atoms with van der Waals surface area (Å²) in [7, 11) is 0. The van der Waals surface area contributed by atoms with Crippen LogP contribution in [-0.4, -0.2) is 104 Å². The summed E-state index contributed by atoms with van der Waals surface area (Å²) < 4.78 is 0. The van der Waals surface area contributed by atoms with Gasteiger partial charge in [0.15, 0.2) is 0 Å². The number of rotatable bonds is 5. The van der Waals surface area contributed by atoms with Gasteiger partial charge in [0.05, 0.1) is 0 Å². The first kappa shape index (κ1) is 20.7. The van der Waals surface area contributed by atoms with Gasteiger partial charge < -0.3 is 15.3 Å². The molecule has 0 rings (SSSR count). The molecule has 0 aliphatic carbocycles. The average molecular weight is 239 g/mol. The molecule has 0 aromatic carbocycles. The molecule has 0 aliphatic heterocycles. The Bertz CT molecular complexity index is 232. The summed E-state index contributed by atoms with van der Waals surface area (Å²) in [5.74, 6) is -4.56. The Hall–Kier alpha value is 0.370. The van der Waals surface area contributed by atoms with Crippen molar-refractivity contribution < 1.29 is 29.7 Å². The Balaban J connectivity index is -0.000000720. The van der Waals surface area contributed by atoms with E-state index in [0.29, 0.717) is 0 Å². The minimum atomic E-state index is -1.90. The first-order valence-electron chi connectivity index (χ1n) is 3.30. The van der Waals surface area contributed by atoms with Crippen molar-refractivity contribution in [2.24, 2.45) is 0 Å². The van der Waals surface area contributed by atoms with Crippen LogP contribution in [0.15, 0.2) is 0 Å². The molecule has 0 amide bonds. The molecule has 0 spiro atoms. The number of nitrogens with one attached hydrogen (secondary N) is 1. The van der Waals surface area contributed by atoms with E-state index in [9.17, 15) is 14.4 Å². The fourth-order valence-electron chi connectivity index (χ4n) is 0.569. The van der Waals surface area contributed by atoms with E-state index >= 15 is 0 Å². The number of carbonyl (C=O) groups is 3. The van der Waals surface area contributed by atoms with Crippen LogP contribution in [0.1, 0.15) is 6.92 Å². The van der Waals surface area contributed by atoms with E-state index in [1.165, 1.54) is 0 Å². The molecule has 0 saturated carbocycles. The fraction of sp³-hybridized carbons (Fsp3) is 0.500. The van der Waals surface area contributed by atoms with Crippen LogP contribution in [-0.2, 0) is 14.4 Å². The Labute approximate surface area is 130 Å². The van der Waals surface area contributed by atoms with Crippen molar-refractivity contribution in [3.8, 4) is 0 Å². The molecule has 78 valence electrons. The summed E-state index contributed by atoms with van der Waals surface area (Å²) in [6.07, 6.45) is 0. The summed E-state index contributed by atoms with van der Waals surface area (Å²) >= 11 is 0. The van der Waals surface area contributed by atoms with Gasteiger partial charge in [-0.1, -0.05) is 0 Å². The summed E-state index contributed by atoms with van der Waals surface area (Å²) in [5, 5.41) is 26.9. The average Bonchev–Trinajstić information content (AvgIpc) is 1.97. The predicted molar refractivity (Wildman–Crippen MR) is 53.6 cm³/mol. The molecule has 1 atom stereocenters. The molecular weight excluding hydrogens is 228 g/mol. The Morgan fingerprint density at radius 3 is 1.47 bits per heavy atom. The zero-order chi connectivity index (χ0) is 10.6. The van der Waals surface area contributed by atoms with E-state index < -0.39 is 30.0 Å². The van der Waals surface area contributed by atoms with Gasteiger partial charge in [0.25, 0.3) is 0 Å². The molecule has 0 bridgehead atoms. The first-order chi connectivity index (χ1) is 5.86. The van der Waals surface area contributed by atoms with Crippen molar-refractivity contribution in [3.05, 3.63) is 0 Å². The monoisotopic (exact) mass is 239 g/mol. The molecule has 0 fully saturated rings. The van der Waals surface area contributed by atoms with Gasteiger partial charge in [0, 0.05) is 0 Å². The molecule has 15 heavy (non-hydrogen) atoms. The van der Waals surface area contributed by atoms with Gasteiger partial charge in [-0.3, -0.25) is 10.1 Å². The second kappa shape index (κ2) is 9.59. The van der Waals surface area contributed by atoms with Crippen molar-refractivity contribution in [2.45, 2.75) is 19.0 Å². The van der Waals surface area contributed by atoms with Gasteiger partial charge >= 0.3 is 77.0 Å². The van der Waals surface area contributed by atoms with E-state index in [1.54, 1.807) is 0 Å². The van der Waals surface area contributed by atoms with E-state index in [1.807, 2.05) is 5.32 Å². The van der Waals surface area contributed by atoms with E-state index in [2.05, 4.69) is 0 Å². The molecule has 0 aliphatic rings. The van der Waals surface area contributed by atoms with Crippen molar-refractivity contribution >= 4 is 77.0 Å². The van der Waals surface area contributed by atoms with Crippen LogP contribution < -0.4 is 5.32 Å². The summed E-state index contributed by atoms with van der Waals surface area (Å²) in [6, 6.07) is -3.12. The van der Waals surface area contributed by atoms with Gasteiger partial charge in [-0.15, -0.1) is 0 Å². The second-order valence-electron chi connectivity index (χ2n) is 2.34. The molecular formula is C6H11NNa2O6. The van der Waals surface area contributed by atoms with Crippen molar-refractivity contribution in [1.29, 1.82) is 0 Å². The molecule has 0 saturated heterocycles. The van der Waals surface area contributed by atoms with Crippen molar-refractivity contribution in [3.63, 3.8) is 0 Å². The molecule has 0 heterocycles. The van der Waals surface area contributed by atoms with Crippen LogP contribution in [0.25, 0.3) is 0 Å². The van der Waals surface area contributed by atoms with Crippen LogP contribution in [0.2, 0.25) is 0 Å².